The van der Waals surface area contributed by atoms with Crippen LogP contribution in [0.25, 0.3) is 0 Å². The molecule has 156 valence electrons. The van der Waals surface area contributed by atoms with Crippen molar-refractivity contribution in [2.24, 2.45) is 5.92 Å². The lowest BCUT2D eigenvalue weighted by atomic mass is 9.86. The molecule has 1 aliphatic carbocycles. The van der Waals surface area contributed by atoms with Crippen molar-refractivity contribution in [2.75, 3.05) is 21.3 Å². The second-order valence-electron chi connectivity index (χ2n) is 7.22. The van der Waals surface area contributed by atoms with Gasteiger partial charge in [0.2, 0.25) is 5.75 Å². The van der Waals surface area contributed by atoms with E-state index in [-0.39, 0.29) is 18.4 Å². The molecule has 1 fully saturated rings. The predicted molar refractivity (Wildman–Crippen MR) is 105 cm³/mol. The second-order valence-corrected chi connectivity index (χ2v) is 7.22. The van der Waals surface area contributed by atoms with Gasteiger partial charge in [0.25, 0.3) is 5.91 Å². The maximum absolute atomic E-state index is 12.4. The summed E-state index contributed by atoms with van der Waals surface area (Å²) in [7, 11) is 4.54. The van der Waals surface area contributed by atoms with Crippen LogP contribution in [0.3, 0.4) is 0 Å². The third-order valence-electron chi connectivity index (χ3n) is 5.19. The number of nitrogens with one attached hydrogen (secondary N) is 1. The average molecular weight is 393 g/mol. The molecule has 7 heteroatoms. The van der Waals surface area contributed by atoms with Crippen LogP contribution in [-0.2, 0) is 20.7 Å². The first-order chi connectivity index (χ1) is 13.4. The standard InChI is InChI=1S/C21H31NO6/c1-13-8-6-7-9-16(13)22-21(24)14(2)28-19(23)12-15-10-17(25-3)20(27-5)18(11-15)26-4/h10-11,13-14,16H,6-9,12H2,1-5H3,(H,22,24)/t13-,14-,16+/m1/s1. The van der Waals surface area contributed by atoms with E-state index in [0.717, 1.165) is 19.3 Å². The smallest absolute Gasteiger partial charge is 0.311 e. The summed E-state index contributed by atoms with van der Waals surface area (Å²) in [6.45, 7) is 3.74. The van der Waals surface area contributed by atoms with Gasteiger partial charge in [-0.05, 0) is 43.4 Å². The van der Waals surface area contributed by atoms with Crippen LogP contribution in [0.4, 0.5) is 0 Å². The van der Waals surface area contributed by atoms with Gasteiger partial charge in [-0.25, -0.2) is 0 Å². The molecule has 0 spiro atoms. The molecule has 28 heavy (non-hydrogen) atoms. The monoisotopic (exact) mass is 393 g/mol. The van der Waals surface area contributed by atoms with Crippen LogP contribution in [0.2, 0.25) is 0 Å². The molecule has 0 bridgehead atoms. The minimum Gasteiger partial charge on any atom is -0.493 e. The zero-order valence-corrected chi connectivity index (χ0v) is 17.4. The van der Waals surface area contributed by atoms with Gasteiger partial charge in [-0.3, -0.25) is 9.59 Å². The van der Waals surface area contributed by atoms with E-state index in [1.165, 1.54) is 27.8 Å². The maximum atomic E-state index is 12.4. The predicted octanol–water partition coefficient (Wildman–Crippen LogP) is 2.88. The normalized spacial score (nSPS) is 20.0. The van der Waals surface area contributed by atoms with E-state index >= 15 is 0 Å². The van der Waals surface area contributed by atoms with Gasteiger partial charge in [0.15, 0.2) is 17.6 Å². The van der Waals surface area contributed by atoms with Crippen LogP contribution >= 0.6 is 0 Å². The molecular formula is C21H31NO6. The first-order valence-corrected chi connectivity index (χ1v) is 9.68. The molecular weight excluding hydrogens is 362 g/mol. The highest BCUT2D eigenvalue weighted by molar-refractivity contribution is 5.84. The van der Waals surface area contributed by atoms with E-state index in [0.29, 0.717) is 28.7 Å². The molecule has 3 atom stereocenters. The Morgan fingerprint density at radius 3 is 2.21 bits per heavy atom. The highest BCUT2D eigenvalue weighted by Gasteiger charge is 2.26. The molecule has 1 aliphatic rings. The Morgan fingerprint density at radius 1 is 1.07 bits per heavy atom. The molecule has 0 unspecified atom stereocenters. The summed E-state index contributed by atoms with van der Waals surface area (Å²) in [5.41, 5.74) is 0.646. The minimum absolute atomic E-state index is 0.00579. The van der Waals surface area contributed by atoms with Crippen LogP contribution in [0.1, 0.15) is 45.1 Å². The summed E-state index contributed by atoms with van der Waals surface area (Å²) in [5.74, 6) is 1.07. The third-order valence-corrected chi connectivity index (χ3v) is 5.19. The SMILES string of the molecule is COc1cc(CC(=O)O[C@H](C)C(=O)N[C@H]2CCCC[C@H]2C)cc(OC)c1OC. The maximum Gasteiger partial charge on any atom is 0.311 e. The van der Waals surface area contributed by atoms with E-state index in [1.54, 1.807) is 19.1 Å². The lowest BCUT2D eigenvalue weighted by molar-refractivity contribution is -0.154. The number of methoxy groups -OCH3 is 3. The highest BCUT2D eigenvalue weighted by atomic mass is 16.5. The lowest BCUT2D eigenvalue weighted by Gasteiger charge is -2.30. The Labute approximate surface area is 166 Å². The molecule has 1 aromatic rings. The van der Waals surface area contributed by atoms with E-state index in [9.17, 15) is 9.59 Å². The van der Waals surface area contributed by atoms with Crippen molar-refractivity contribution in [3.05, 3.63) is 17.7 Å². The fourth-order valence-electron chi connectivity index (χ4n) is 3.53. The van der Waals surface area contributed by atoms with Crippen LogP contribution in [0.5, 0.6) is 17.2 Å². The number of hydrogen-bond acceptors (Lipinski definition) is 6. The van der Waals surface area contributed by atoms with Crippen LogP contribution in [0, 0.1) is 5.92 Å². The van der Waals surface area contributed by atoms with Gasteiger partial charge in [-0.1, -0.05) is 19.8 Å². The fourth-order valence-corrected chi connectivity index (χ4v) is 3.53. The van der Waals surface area contributed by atoms with Crippen molar-refractivity contribution in [3.8, 4) is 17.2 Å². The first-order valence-electron chi connectivity index (χ1n) is 9.68. The van der Waals surface area contributed by atoms with Crippen LogP contribution in [-0.4, -0.2) is 45.4 Å². The Hall–Kier alpha value is -2.44. The van der Waals surface area contributed by atoms with Crippen molar-refractivity contribution in [2.45, 2.75) is 58.1 Å². The molecule has 2 rings (SSSR count). The van der Waals surface area contributed by atoms with E-state index in [4.69, 9.17) is 18.9 Å². The Kier molecular flexibility index (Phi) is 7.96. The summed E-state index contributed by atoms with van der Waals surface area (Å²) in [6, 6.07) is 3.53. The molecule has 0 radical (unpaired) electrons. The summed E-state index contributed by atoms with van der Waals surface area (Å²) in [4.78, 5) is 24.7. The van der Waals surface area contributed by atoms with E-state index in [2.05, 4.69) is 12.2 Å². The quantitative estimate of drug-likeness (QED) is 0.684. The fraction of sp³-hybridized carbons (Fsp3) is 0.619. The van der Waals surface area contributed by atoms with Crippen molar-refractivity contribution in [1.29, 1.82) is 0 Å². The van der Waals surface area contributed by atoms with E-state index in [1.807, 2.05) is 0 Å². The summed E-state index contributed by atoms with van der Waals surface area (Å²) in [6.07, 6.45) is 3.55. The number of esters is 1. The van der Waals surface area contributed by atoms with Gasteiger partial charge in [-0.2, -0.15) is 0 Å². The van der Waals surface area contributed by atoms with Crippen molar-refractivity contribution in [3.63, 3.8) is 0 Å². The summed E-state index contributed by atoms with van der Waals surface area (Å²) >= 11 is 0. The largest absolute Gasteiger partial charge is 0.493 e. The number of carbonyl (C=O) groups is 2. The number of hydrogen-bond donors (Lipinski definition) is 1. The van der Waals surface area contributed by atoms with Crippen LogP contribution < -0.4 is 19.5 Å². The lowest BCUT2D eigenvalue weighted by Crippen LogP contribution is -2.46. The average Bonchev–Trinajstić information content (AvgIpc) is 2.68. The summed E-state index contributed by atoms with van der Waals surface area (Å²) in [5, 5.41) is 3.02. The van der Waals surface area contributed by atoms with Crippen molar-refractivity contribution in [1.82, 2.24) is 5.32 Å². The molecule has 0 aliphatic heterocycles. The van der Waals surface area contributed by atoms with Gasteiger partial charge < -0.3 is 24.3 Å². The molecule has 0 aromatic heterocycles. The molecule has 7 nitrogen and oxygen atoms in total. The Balaban J connectivity index is 1.96. The highest BCUT2D eigenvalue weighted by Crippen LogP contribution is 2.38. The molecule has 0 heterocycles. The van der Waals surface area contributed by atoms with Gasteiger partial charge >= 0.3 is 5.97 Å². The number of carbonyl (C=O) groups excluding carboxylic acids is 2. The third kappa shape index (κ3) is 5.53. The minimum atomic E-state index is -0.844. The van der Waals surface area contributed by atoms with Gasteiger partial charge in [0.1, 0.15) is 0 Å². The number of benzene rings is 1. The number of ether oxygens (including phenoxy) is 4. The van der Waals surface area contributed by atoms with Crippen LogP contribution in [0.15, 0.2) is 12.1 Å². The Bertz CT molecular complexity index is 664. The molecule has 1 amide bonds. The van der Waals surface area contributed by atoms with Crippen molar-refractivity contribution >= 4 is 11.9 Å². The zero-order valence-electron chi connectivity index (χ0n) is 17.4. The zero-order chi connectivity index (χ0) is 20.7. The second kappa shape index (κ2) is 10.2. The number of rotatable bonds is 8. The van der Waals surface area contributed by atoms with Crippen molar-refractivity contribution < 1.29 is 28.5 Å². The molecule has 0 saturated heterocycles. The molecule has 1 aromatic carbocycles. The van der Waals surface area contributed by atoms with Gasteiger partial charge in [-0.15, -0.1) is 0 Å². The summed E-state index contributed by atoms with van der Waals surface area (Å²) < 4.78 is 21.2. The molecule has 1 N–H and O–H groups in total. The topological polar surface area (TPSA) is 83.1 Å². The van der Waals surface area contributed by atoms with Gasteiger partial charge in [0, 0.05) is 6.04 Å². The first kappa shape index (κ1) is 21.9. The van der Waals surface area contributed by atoms with Gasteiger partial charge in [0.05, 0.1) is 27.8 Å². The van der Waals surface area contributed by atoms with E-state index < -0.39 is 12.1 Å². The Morgan fingerprint density at radius 2 is 1.68 bits per heavy atom. The number of amides is 1. The molecule has 1 saturated carbocycles.